The summed E-state index contributed by atoms with van der Waals surface area (Å²) < 4.78 is 1.82. The molecule has 0 atom stereocenters. The van der Waals surface area contributed by atoms with Crippen molar-refractivity contribution in [3.63, 3.8) is 0 Å². The summed E-state index contributed by atoms with van der Waals surface area (Å²) in [5.74, 6) is 0. The summed E-state index contributed by atoms with van der Waals surface area (Å²) in [5, 5.41) is 13.5. The second-order valence-electron chi connectivity index (χ2n) is 4.70. The third-order valence-electron chi connectivity index (χ3n) is 3.28. The second kappa shape index (κ2) is 5.72. The van der Waals surface area contributed by atoms with E-state index in [1.165, 1.54) is 11.1 Å². The number of hydrogen-bond acceptors (Lipinski definition) is 2. The predicted octanol–water partition coefficient (Wildman–Crippen LogP) is 2.96. The Kier molecular flexibility index (Phi) is 3.61. The lowest BCUT2D eigenvalue weighted by molar-refractivity contribution is 0.276. The van der Waals surface area contributed by atoms with Gasteiger partial charge in [-0.25, -0.2) is 4.68 Å². The van der Waals surface area contributed by atoms with E-state index in [4.69, 9.17) is 5.11 Å². The Morgan fingerprint density at radius 1 is 0.900 bits per heavy atom. The first kappa shape index (κ1) is 12.6. The normalized spacial score (nSPS) is 10.7. The summed E-state index contributed by atoms with van der Waals surface area (Å²) in [6.45, 7) is -0.0339. The molecule has 0 aliphatic heterocycles. The van der Waals surface area contributed by atoms with Crippen LogP contribution in [0.2, 0.25) is 0 Å². The van der Waals surface area contributed by atoms with Crippen LogP contribution >= 0.6 is 0 Å². The first-order chi connectivity index (χ1) is 9.86. The fourth-order valence-corrected chi connectivity index (χ4v) is 2.28. The number of aliphatic hydroxyl groups is 1. The van der Waals surface area contributed by atoms with Crippen molar-refractivity contribution in [2.75, 3.05) is 0 Å². The van der Waals surface area contributed by atoms with Gasteiger partial charge in [0.05, 0.1) is 18.0 Å². The van der Waals surface area contributed by atoms with Crippen molar-refractivity contribution in [3.05, 3.63) is 83.7 Å². The van der Waals surface area contributed by atoms with Crippen LogP contribution in [0.4, 0.5) is 0 Å². The van der Waals surface area contributed by atoms with Crippen molar-refractivity contribution in [2.45, 2.75) is 13.0 Å². The Balaban J connectivity index is 1.96. The Hall–Kier alpha value is -2.39. The van der Waals surface area contributed by atoms with Crippen molar-refractivity contribution >= 4 is 0 Å². The SMILES string of the molecule is OCc1ccn(-c2ccccc2Cc2ccccc2)n1. The molecule has 0 saturated carbocycles. The van der Waals surface area contributed by atoms with Crippen molar-refractivity contribution in [3.8, 4) is 5.69 Å². The fourth-order valence-electron chi connectivity index (χ4n) is 2.28. The van der Waals surface area contributed by atoms with Gasteiger partial charge in [-0.1, -0.05) is 48.5 Å². The topological polar surface area (TPSA) is 38.0 Å². The monoisotopic (exact) mass is 264 g/mol. The summed E-state index contributed by atoms with van der Waals surface area (Å²) in [6, 6.07) is 20.4. The average molecular weight is 264 g/mol. The number of para-hydroxylation sites is 1. The highest BCUT2D eigenvalue weighted by Crippen LogP contribution is 2.18. The zero-order valence-corrected chi connectivity index (χ0v) is 11.1. The van der Waals surface area contributed by atoms with E-state index in [2.05, 4.69) is 35.4 Å². The van der Waals surface area contributed by atoms with Gasteiger partial charge in [0.1, 0.15) is 0 Å². The van der Waals surface area contributed by atoms with Crippen LogP contribution in [0.15, 0.2) is 66.9 Å². The molecule has 0 aliphatic carbocycles. The minimum Gasteiger partial charge on any atom is -0.390 e. The number of nitrogens with zero attached hydrogens (tertiary/aromatic N) is 2. The lowest BCUT2D eigenvalue weighted by Gasteiger charge is -2.09. The smallest absolute Gasteiger partial charge is 0.0883 e. The molecule has 20 heavy (non-hydrogen) atoms. The molecule has 0 spiro atoms. The molecule has 3 nitrogen and oxygen atoms in total. The summed E-state index contributed by atoms with van der Waals surface area (Å²) in [5.41, 5.74) is 4.22. The van der Waals surface area contributed by atoms with E-state index in [1.54, 1.807) is 0 Å². The molecule has 3 aromatic rings. The van der Waals surface area contributed by atoms with Crippen LogP contribution in [0.1, 0.15) is 16.8 Å². The molecule has 0 unspecified atom stereocenters. The molecular formula is C17H16N2O. The van der Waals surface area contributed by atoms with Crippen LogP contribution in [-0.4, -0.2) is 14.9 Å². The molecule has 100 valence electrons. The van der Waals surface area contributed by atoms with Crippen molar-refractivity contribution in [2.24, 2.45) is 0 Å². The summed E-state index contributed by atoms with van der Waals surface area (Å²) >= 11 is 0. The predicted molar refractivity (Wildman–Crippen MR) is 78.7 cm³/mol. The van der Waals surface area contributed by atoms with Gasteiger partial charge in [-0.05, 0) is 29.7 Å². The number of aromatic nitrogens is 2. The highest BCUT2D eigenvalue weighted by molar-refractivity contribution is 5.43. The molecule has 1 aromatic heterocycles. The van der Waals surface area contributed by atoms with Crippen LogP contribution < -0.4 is 0 Å². The van der Waals surface area contributed by atoms with E-state index >= 15 is 0 Å². The number of benzene rings is 2. The van der Waals surface area contributed by atoms with Crippen LogP contribution in [0.5, 0.6) is 0 Å². The van der Waals surface area contributed by atoms with Gasteiger partial charge in [0.2, 0.25) is 0 Å². The van der Waals surface area contributed by atoms with Crippen LogP contribution in [0, 0.1) is 0 Å². The van der Waals surface area contributed by atoms with Crippen molar-refractivity contribution < 1.29 is 5.11 Å². The lowest BCUT2D eigenvalue weighted by Crippen LogP contribution is -2.01. The maximum absolute atomic E-state index is 9.13. The minimum absolute atomic E-state index is 0.0339. The number of hydrogen-bond donors (Lipinski definition) is 1. The van der Waals surface area contributed by atoms with E-state index in [-0.39, 0.29) is 6.61 Å². The van der Waals surface area contributed by atoms with Gasteiger partial charge < -0.3 is 5.11 Å². The molecule has 1 N–H and O–H groups in total. The van der Waals surface area contributed by atoms with Gasteiger partial charge in [-0.3, -0.25) is 0 Å². The van der Waals surface area contributed by atoms with Gasteiger partial charge in [-0.2, -0.15) is 5.10 Å². The summed E-state index contributed by atoms with van der Waals surface area (Å²) in [7, 11) is 0. The van der Waals surface area contributed by atoms with Crippen molar-refractivity contribution in [1.82, 2.24) is 9.78 Å². The highest BCUT2D eigenvalue weighted by atomic mass is 16.3. The molecule has 0 radical (unpaired) electrons. The zero-order chi connectivity index (χ0) is 13.8. The van der Waals surface area contributed by atoms with Crippen molar-refractivity contribution in [1.29, 1.82) is 0 Å². The molecule has 1 heterocycles. The quantitative estimate of drug-likeness (QED) is 0.786. The second-order valence-corrected chi connectivity index (χ2v) is 4.70. The molecule has 0 aliphatic rings. The molecule has 3 rings (SSSR count). The average Bonchev–Trinajstić information content (AvgIpc) is 2.98. The summed E-state index contributed by atoms with van der Waals surface area (Å²) in [6.07, 6.45) is 2.75. The third kappa shape index (κ3) is 2.63. The van der Waals surface area contributed by atoms with Crippen LogP contribution in [0.25, 0.3) is 5.69 Å². The van der Waals surface area contributed by atoms with E-state index < -0.39 is 0 Å². The minimum atomic E-state index is -0.0339. The largest absolute Gasteiger partial charge is 0.390 e. The highest BCUT2D eigenvalue weighted by Gasteiger charge is 2.06. The molecule has 0 fully saturated rings. The van der Waals surface area contributed by atoms with E-state index in [0.29, 0.717) is 5.69 Å². The third-order valence-corrected chi connectivity index (χ3v) is 3.28. The van der Waals surface area contributed by atoms with E-state index in [0.717, 1.165) is 12.1 Å². The van der Waals surface area contributed by atoms with Gasteiger partial charge in [0.25, 0.3) is 0 Å². The maximum Gasteiger partial charge on any atom is 0.0883 e. The number of rotatable bonds is 4. The van der Waals surface area contributed by atoms with Gasteiger partial charge in [0.15, 0.2) is 0 Å². The van der Waals surface area contributed by atoms with Crippen LogP contribution in [0.3, 0.4) is 0 Å². The van der Waals surface area contributed by atoms with Gasteiger partial charge >= 0.3 is 0 Å². The molecule has 0 bridgehead atoms. The Labute approximate surface area is 118 Å². The molecule has 0 amide bonds. The Morgan fingerprint density at radius 2 is 1.65 bits per heavy atom. The fraction of sp³-hybridized carbons (Fsp3) is 0.118. The standard InChI is InChI=1S/C17H16N2O/c20-13-16-10-11-19(18-16)17-9-5-4-8-15(17)12-14-6-2-1-3-7-14/h1-11,20H,12-13H2. The first-order valence-corrected chi connectivity index (χ1v) is 6.64. The molecule has 2 aromatic carbocycles. The number of aliphatic hydroxyl groups excluding tert-OH is 1. The van der Waals surface area contributed by atoms with Crippen LogP contribution in [-0.2, 0) is 13.0 Å². The Morgan fingerprint density at radius 3 is 2.40 bits per heavy atom. The molecule has 0 saturated heterocycles. The zero-order valence-electron chi connectivity index (χ0n) is 11.1. The molecule has 3 heteroatoms. The first-order valence-electron chi connectivity index (χ1n) is 6.64. The summed E-state index contributed by atoms with van der Waals surface area (Å²) in [4.78, 5) is 0. The Bertz CT molecular complexity index is 689. The van der Waals surface area contributed by atoms with E-state index in [9.17, 15) is 0 Å². The molecular weight excluding hydrogens is 248 g/mol. The maximum atomic E-state index is 9.13. The lowest BCUT2D eigenvalue weighted by atomic mass is 10.0. The van der Waals surface area contributed by atoms with Gasteiger partial charge in [-0.15, -0.1) is 0 Å². The van der Waals surface area contributed by atoms with Gasteiger partial charge in [0, 0.05) is 6.20 Å². The van der Waals surface area contributed by atoms with E-state index in [1.807, 2.05) is 41.2 Å².